The number of amides is 1. The summed E-state index contributed by atoms with van der Waals surface area (Å²) < 4.78 is 0. The van der Waals surface area contributed by atoms with E-state index in [1.807, 2.05) is 0 Å². The van der Waals surface area contributed by atoms with Crippen LogP contribution in [0.2, 0.25) is 0 Å². The summed E-state index contributed by atoms with van der Waals surface area (Å²) >= 11 is 0. The molecule has 0 aromatic rings. The zero-order valence-electron chi connectivity index (χ0n) is 14.0. The standard InChI is InChI=1S/C19H32N2O/c22-19(18-12-15-6-7-17(18)11-15)21-10-4-5-16(14-21)13-20-8-2-1-3-9-20/h15-18H,1-14H2/t15-,16+,17-,18+/m0/s1. The summed E-state index contributed by atoms with van der Waals surface area (Å²) in [6.07, 6.45) is 12.0. The molecule has 0 N–H and O–H groups in total. The van der Waals surface area contributed by atoms with Crippen LogP contribution in [0.5, 0.6) is 0 Å². The van der Waals surface area contributed by atoms with E-state index in [-0.39, 0.29) is 0 Å². The SMILES string of the molecule is O=C([C@@H]1C[C@H]2CC[C@H]1C2)N1CCC[C@H](CN2CCCCC2)C1. The number of piperidine rings is 2. The summed E-state index contributed by atoms with van der Waals surface area (Å²) in [6, 6.07) is 0. The van der Waals surface area contributed by atoms with Crippen molar-refractivity contribution < 1.29 is 4.79 Å². The smallest absolute Gasteiger partial charge is 0.225 e. The van der Waals surface area contributed by atoms with Crippen molar-refractivity contribution in [3.05, 3.63) is 0 Å². The first-order valence-electron chi connectivity index (χ1n) is 9.81. The topological polar surface area (TPSA) is 23.6 Å². The van der Waals surface area contributed by atoms with Crippen molar-refractivity contribution in [3.8, 4) is 0 Å². The molecule has 4 atom stereocenters. The maximum absolute atomic E-state index is 12.9. The van der Waals surface area contributed by atoms with E-state index in [2.05, 4.69) is 9.80 Å². The van der Waals surface area contributed by atoms with Gasteiger partial charge in [0.1, 0.15) is 0 Å². The van der Waals surface area contributed by atoms with Crippen molar-refractivity contribution in [1.82, 2.24) is 9.80 Å². The second kappa shape index (κ2) is 6.51. The lowest BCUT2D eigenvalue weighted by Crippen LogP contribution is -2.47. The third kappa shape index (κ3) is 3.06. The number of rotatable bonds is 3. The molecule has 22 heavy (non-hydrogen) atoms. The van der Waals surface area contributed by atoms with Gasteiger partial charge < -0.3 is 9.80 Å². The molecule has 3 nitrogen and oxygen atoms in total. The fourth-order valence-corrected chi connectivity index (χ4v) is 5.70. The van der Waals surface area contributed by atoms with Gasteiger partial charge in [-0.25, -0.2) is 0 Å². The lowest BCUT2D eigenvalue weighted by molar-refractivity contribution is -0.139. The lowest BCUT2D eigenvalue weighted by Gasteiger charge is -2.38. The summed E-state index contributed by atoms with van der Waals surface area (Å²) in [5.74, 6) is 3.27. The zero-order chi connectivity index (χ0) is 14.9. The van der Waals surface area contributed by atoms with Gasteiger partial charge in [0.2, 0.25) is 5.91 Å². The van der Waals surface area contributed by atoms with Gasteiger partial charge in [-0.15, -0.1) is 0 Å². The molecule has 3 heteroatoms. The molecule has 4 fully saturated rings. The second-order valence-electron chi connectivity index (χ2n) is 8.44. The van der Waals surface area contributed by atoms with E-state index in [0.29, 0.717) is 11.8 Å². The van der Waals surface area contributed by atoms with Crippen LogP contribution in [0.15, 0.2) is 0 Å². The van der Waals surface area contributed by atoms with Crippen molar-refractivity contribution >= 4 is 5.91 Å². The molecule has 2 bridgehead atoms. The largest absolute Gasteiger partial charge is 0.342 e. The molecular weight excluding hydrogens is 272 g/mol. The predicted octanol–water partition coefficient (Wildman–Crippen LogP) is 3.15. The van der Waals surface area contributed by atoms with Gasteiger partial charge in [0.05, 0.1) is 0 Å². The van der Waals surface area contributed by atoms with Gasteiger partial charge in [-0.2, -0.15) is 0 Å². The molecule has 2 saturated carbocycles. The van der Waals surface area contributed by atoms with Gasteiger partial charge in [0, 0.05) is 25.6 Å². The van der Waals surface area contributed by atoms with Gasteiger partial charge in [-0.05, 0) is 75.8 Å². The second-order valence-corrected chi connectivity index (χ2v) is 8.44. The summed E-state index contributed by atoms with van der Waals surface area (Å²) in [7, 11) is 0. The quantitative estimate of drug-likeness (QED) is 0.799. The summed E-state index contributed by atoms with van der Waals surface area (Å²) in [5, 5.41) is 0. The van der Waals surface area contributed by atoms with Gasteiger partial charge in [0.15, 0.2) is 0 Å². The molecule has 4 rings (SSSR count). The summed E-state index contributed by atoms with van der Waals surface area (Å²) in [6.45, 7) is 5.89. The highest BCUT2D eigenvalue weighted by molar-refractivity contribution is 5.79. The molecule has 0 aromatic carbocycles. The van der Waals surface area contributed by atoms with Crippen LogP contribution in [0, 0.1) is 23.7 Å². The maximum Gasteiger partial charge on any atom is 0.225 e. The Balaban J connectivity index is 1.31. The average Bonchev–Trinajstić information content (AvgIpc) is 3.18. The minimum absolute atomic E-state index is 0.396. The summed E-state index contributed by atoms with van der Waals surface area (Å²) in [5.41, 5.74) is 0. The van der Waals surface area contributed by atoms with E-state index < -0.39 is 0 Å². The first-order chi connectivity index (χ1) is 10.8. The van der Waals surface area contributed by atoms with Crippen LogP contribution >= 0.6 is 0 Å². The minimum atomic E-state index is 0.396. The number of carbonyl (C=O) groups excluding carboxylic acids is 1. The number of hydrogen-bond donors (Lipinski definition) is 0. The summed E-state index contributed by atoms with van der Waals surface area (Å²) in [4.78, 5) is 17.8. The normalized spacial score (nSPS) is 39.4. The fourth-order valence-electron chi connectivity index (χ4n) is 5.70. The van der Waals surface area contributed by atoms with Crippen molar-refractivity contribution in [2.24, 2.45) is 23.7 Å². The Kier molecular flexibility index (Phi) is 4.43. The molecule has 2 saturated heterocycles. The molecule has 0 unspecified atom stereocenters. The predicted molar refractivity (Wildman–Crippen MR) is 88.5 cm³/mol. The Morgan fingerprint density at radius 1 is 0.909 bits per heavy atom. The van der Waals surface area contributed by atoms with Crippen LogP contribution < -0.4 is 0 Å². The molecular formula is C19H32N2O. The van der Waals surface area contributed by atoms with Crippen LogP contribution in [-0.4, -0.2) is 48.4 Å². The Bertz CT molecular complexity index is 404. The average molecular weight is 304 g/mol. The van der Waals surface area contributed by atoms with Crippen LogP contribution in [0.1, 0.15) is 57.8 Å². The first-order valence-corrected chi connectivity index (χ1v) is 9.81. The number of hydrogen-bond acceptors (Lipinski definition) is 2. The number of nitrogens with zero attached hydrogens (tertiary/aromatic N) is 2. The van der Waals surface area contributed by atoms with Gasteiger partial charge >= 0.3 is 0 Å². The molecule has 2 aliphatic carbocycles. The van der Waals surface area contributed by atoms with Crippen molar-refractivity contribution in [3.63, 3.8) is 0 Å². The Labute approximate surface area is 135 Å². The highest BCUT2D eigenvalue weighted by atomic mass is 16.2. The van der Waals surface area contributed by atoms with Gasteiger partial charge in [0.25, 0.3) is 0 Å². The third-order valence-electron chi connectivity index (χ3n) is 6.85. The first kappa shape index (κ1) is 15.0. The third-order valence-corrected chi connectivity index (χ3v) is 6.85. The highest BCUT2D eigenvalue weighted by Gasteiger charge is 2.44. The monoisotopic (exact) mass is 304 g/mol. The molecule has 4 aliphatic rings. The van der Waals surface area contributed by atoms with E-state index >= 15 is 0 Å². The van der Waals surface area contributed by atoms with Crippen molar-refractivity contribution in [2.75, 3.05) is 32.7 Å². The molecule has 0 spiro atoms. The zero-order valence-corrected chi connectivity index (χ0v) is 14.0. The molecule has 124 valence electrons. The van der Waals surface area contributed by atoms with E-state index in [0.717, 1.165) is 30.8 Å². The Morgan fingerprint density at radius 3 is 2.50 bits per heavy atom. The van der Waals surface area contributed by atoms with Crippen LogP contribution in [0.4, 0.5) is 0 Å². The van der Waals surface area contributed by atoms with E-state index in [1.165, 1.54) is 77.4 Å². The maximum atomic E-state index is 12.9. The van der Waals surface area contributed by atoms with E-state index in [4.69, 9.17) is 0 Å². The Hall–Kier alpha value is -0.570. The highest BCUT2D eigenvalue weighted by Crippen LogP contribution is 2.49. The number of fused-ring (bicyclic) bond motifs is 2. The lowest BCUT2D eigenvalue weighted by atomic mass is 9.86. The molecule has 2 aliphatic heterocycles. The molecule has 0 aromatic heterocycles. The van der Waals surface area contributed by atoms with Crippen molar-refractivity contribution in [1.29, 1.82) is 0 Å². The van der Waals surface area contributed by atoms with Gasteiger partial charge in [-0.3, -0.25) is 4.79 Å². The van der Waals surface area contributed by atoms with Crippen LogP contribution in [-0.2, 0) is 4.79 Å². The van der Waals surface area contributed by atoms with E-state index in [1.54, 1.807) is 0 Å². The Morgan fingerprint density at radius 2 is 1.77 bits per heavy atom. The number of carbonyl (C=O) groups is 1. The van der Waals surface area contributed by atoms with Gasteiger partial charge in [-0.1, -0.05) is 12.8 Å². The molecule has 2 heterocycles. The minimum Gasteiger partial charge on any atom is -0.342 e. The van der Waals surface area contributed by atoms with Crippen LogP contribution in [0.25, 0.3) is 0 Å². The molecule has 0 radical (unpaired) electrons. The fraction of sp³-hybridized carbons (Fsp3) is 0.947. The van der Waals surface area contributed by atoms with Crippen molar-refractivity contribution in [2.45, 2.75) is 57.8 Å². The van der Waals surface area contributed by atoms with Crippen LogP contribution in [0.3, 0.4) is 0 Å². The van der Waals surface area contributed by atoms with E-state index in [9.17, 15) is 4.79 Å². The number of likely N-dealkylation sites (tertiary alicyclic amines) is 2. The molecule has 1 amide bonds.